The molecule has 0 saturated carbocycles. The molecule has 0 bridgehead atoms. The van der Waals surface area contributed by atoms with Gasteiger partial charge in [-0.1, -0.05) is 57.2 Å². The fourth-order valence-electron chi connectivity index (χ4n) is 5.98. The summed E-state index contributed by atoms with van der Waals surface area (Å²) >= 11 is 6.98. The van der Waals surface area contributed by atoms with Crippen LogP contribution < -0.4 is 0 Å². The lowest BCUT2D eigenvalue weighted by Gasteiger charge is -2.16. The standard InChI is InChI=1S/C41H40Br2N6O6/c1-24(2)40(52)54-15-7-5-9-26-17-28(38(50)36(19-26)48-44-32-13-11-30(42)22-34(32)46-48)21-29-18-27(10-6-8-16-55-41(53)25(3)4)20-37(39(29)51)49-45-33-14-12-31(43)23-35(33)47-49/h11-14,17-20,22-23,50-51H,1,3,5-10,15-16,21H2,2,4H3. The molecule has 2 heterocycles. The van der Waals surface area contributed by atoms with Gasteiger partial charge in [0.05, 0.1) is 13.2 Å². The van der Waals surface area contributed by atoms with E-state index in [9.17, 15) is 19.8 Å². The molecule has 6 aromatic rings. The SMILES string of the molecule is C=C(C)C(=O)OCCCCc1cc(Cc2cc(CCCCOC(=O)C(=C)C)cc(-n3nc4ccc(Br)cc4n3)c2O)c(O)c(-n2nc3ccc(Br)cc3n2)c1. The number of hydrogen-bond donors (Lipinski definition) is 2. The summed E-state index contributed by atoms with van der Waals surface area (Å²) in [5.74, 6) is -0.901. The Balaban J connectivity index is 1.35. The Hall–Kier alpha value is -5.34. The van der Waals surface area contributed by atoms with Crippen LogP contribution in [0.15, 0.2) is 93.9 Å². The van der Waals surface area contributed by atoms with Crippen molar-refractivity contribution in [3.63, 3.8) is 0 Å². The van der Waals surface area contributed by atoms with Crippen molar-refractivity contribution in [2.45, 2.75) is 58.8 Å². The van der Waals surface area contributed by atoms with Gasteiger partial charge in [-0.3, -0.25) is 0 Å². The predicted molar refractivity (Wildman–Crippen MR) is 217 cm³/mol. The van der Waals surface area contributed by atoms with E-state index in [1.54, 1.807) is 13.8 Å². The van der Waals surface area contributed by atoms with Gasteiger partial charge in [0.1, 0.15) is 44.9 Å². The van der Waals surface area contributed by atoms with Crippen molar-refractivity contribution in [2.75, 3.05) is 13.2 Å². The van der Waals surface area contributed by atoms with Gasteiger partial charge >= 0.3 is 11.9 Å². The van der Waals surface area contributed by atoms with Crippen LogP contribution in [-0.4, -0.2) is 65.4 Å². The lowest BCUT2D eigenvalue weighted by atomic mass is 9.95. The largest absolute Gasteiger partial charge is 0.505 e. The quantitative estimate of drug-likeness (QED) is 0.0549. The van der Waals surface area contributed by atoms with Gasteiger partial charge in [0, 0.05) is 37.6 Å². The second kappa shape index (κ2) is 17.4. The average Bonchev–Trinajstić information content (AvgIpc) is 3.77. The van der Waals surface area contributed by atoms with Crippen molar-refractivity contribution in [1.29, 1.82) is 0 Å². The number of aryl methyl sites for hydroxylation is 2. The molecule has 12 nitrogen and oxygen atoms in total. The molecule has 4 aromatic carbocycles. The lowest BCUT2D eigenvalue weighted by Crippen LogP contribution is -2.07. The number of rotatable bonds is 16. The molecule has 2 aromatic heterocycles. The number of aromatic nitrogens is 6. The van der Waals surface area contributed by atoms with E-state index in [1.165, 1.54) is 9.59 Å². The number of halogens is 2. The minimum absolute atomic E-state index is 0.0306. The number of benzene rings is 4. The molecule has 284 valence electrons. The van der Waals surface area contributed by atoms with Crippen LogP contribution in [0.4, 0.5) is 0 Å². The van der Waals surface area contributed by atoms with Gasteiger partial charge in [0.15, 0.2) is 0 Å². The third-order valence-electron chi connectivity index (χ3n) is 8.84. The van der Waals surface area contributed by atoms with Crippen molar-refractivity contribution in [2.24, 2.45) is 0 Å². The molecule has 0 fully saturated rings. The summed E-state index contributed by atoms with van der Waals surface area (Å²) < 4.78 is 12.3. The van der Waals surface area contributed by atoms with Crippen molar-refractivity contribution >= 4 is 65.9 Å². The average molecular weight is 873 g/mol. The summed E-state index contributed by atoms with van der Waals surface area (Å²) in [6, 6.07) is 18.7. The van der Waals surface area contributed by atoms with E-state index in [0.717, 1.165) is 20.1 Å². The van der Waals surface area contributed by atoms with Gasteiger partial charge in [0.2, 0.25) is 0 Å². The normalized spacial score (nSPS) is 11.3. The van der Waals surface area contributed by atoms with Gasteiger partial charge in [-0.05, 0) is 112 Å². The Bertz CT molecular complexity index is 2270. The zero-order valence-electron chi connectivity index (χ0n) is 30.5. The van der Waals surface area contributed by atoms with Crippen molar-refractivity contribution in [1.82, 2.24) is 30.0 Å². The summed E-state index contributed by atoms with van der Waals surface area (Å²) in [5.41, 5.74) is 7.00. The van der Waals surface area contributed by atoms with Crippen LogP contribution in [-0.2, 0) is 38.3 Å². The number of fused-ring (bicyclic) bond motifs is 2. The van der Waals surface area contributed by atoms with Gasteiger partial charge in [-0.15, -0.1) is 30.0 Å². The Labute approximate surface area is 334 Å². The minimum Gasteiger partial charge on any atom is -0.505 e. The van der Waals surface area contributed by atoms with E-state index in [0.29, 0.717) is 94.2 Å². The molecule has 0 saturated heterocycles. The van der Waals surface area contributed by atoms with Crippen LogP contribution >= 0.6 is 31.9 Å². The first-order valence-electron chi connectivity index (χ1n) is 17.8. The Morgan fingerprint density at radius 1 is 0.618 bits per heavy atom. The highest BCUT2D eigenvalue weighted by molar-refractivity contribution is 9.10. The van der Waals surface area contributed by atoms with Gasteiger partial charge in [-0.2, -0.15) is 0 Å². The lowest BCUT2D eigenvalue weighted by molar-refractivity contribution is -0.139. The van der Waals surface area contributed by atoms with Crippen molar-refractivity contribution in [3.05, 3.63) is 116 Å². The van der Waals surface area contributed by atoms with E-state index in [2.05, 4.69) is 65.4 Å². The monoisotopic (exact) mass is 870 g/mol. The Morgan fingerprint density at radius 3 is 1.42 bits per heavy atom. The number of carbonyl (C=O) groups is 2. The number of ether oxygens (including phenoxy) is 2. The van der Waals surface area contributed by atoms with Crippen molar-refractivity contribution < 1.29 is 29.3 Å². The zero-order chi connectivity index (χ0) is 39.2. The molecule has 0 aliphatic heterocycles. The molecule has 55 heavy (non-hydrogen) atoms. The Morgan fingerprint density at radius 2 is 1.02 bits per heavy atom. The first kappa shape index (κ1) is 39.4. The molecule has 0 aliphatic rings. The van der Waals surface area contributed by atoms with Crippen LogP contribution in [0.25, 0.3) is 33.4 Å². The number of carbonyl (C=O) groups excluding carboxylic acids is 2. The van der Waals surface area contributed by atoms with Gasteiger partial charge in [-0.25, -0.2) is 9.59 Å². The predicted octanol–water partition coefficient (Wildman–Crippen LogP) is 8.57. The summed E-state index contributed by atoms with van der Waals surface area (Å²) in [7, 11) is 0. The molecule has 0 aliphatic carbocycles. The van der Waals surface area contributed by atoms with Crippen LogP contribution in [0.2, 0.25) is 0 Å². The minimum atomic E-state index is -0.420. The van der Waals surface area contributed by atoms with Crippen LogP contribution in [0, 0.1) is 0 Å². The maximum absolute atomic E-state index is 11.9. The molecular weight excluding hydrogens is 832 g/mol. The third kappa shape index (κ3) is 9.67. The second-order valence-electron chi connectivity index (χ2n) is 13.4. The number of nitrogens with zero attached hydrogens (tertiary/aromatic N) is 6. The van der Waals surface area contributed by atoms with Gasteiger partial charge in [0.25, 0.3) is 0 Å². The molecule has 0 amide bonds. The number of unbranched alkanes of at least 4 members (excludes halogenated alkanes) is 2. The van der Waals surface area contributed by atoms with E-state index < -0.39 is 11.9 Å². The van der Waals surface area contributed by atoms with Crippen LogP contribution in [0.1, 0.15) is 61.8 Å². The summed E-state index contributed by atoms with van der Waals surface area (Å²) in [6.07, 6.45) is 4.05. The molecule has 0 spiro atoms. The topological polar surface area (TPSA) is 154 Å². The molecule has 2 N–H and O–H groups in total. The second-order valence-corrected chi connectivity index (χ2v) is 15.2. The fraction of sp³-hybridized carbons (Fsp3) is 0.268. The maximum atomic E-state index is 11.9. The number of aromatic hydroxyl groups is 2. The first-order chi connectivity index (χ1) is 26.4. The van der Waals surface area contributed by atoms with E-state index in [1.807, 2.05) is 60.7 Å². The fourth-order valence-corrected chi connectivity index (χ4v) is 6.68. The first-order valence-corrected chi connectivity index (χ1v) is 19.4. The van der Waals surface area contributed by atoms with Crippen LogP contribution in [0.5, 0.6) is 11.5 Å². The molecule has 0 unspecified atom stereocenters. The molecule has 14 heteroatoms. The van der Waals surface area contributed by atoms with E-state index in [-0.39, 0.29) is 31.1 Å². The number of esters is 2. The highest BCUT2D eigenvalue weighted by Crippen LogP contribution is 2.36. The number of phenols is 2. The summed E-state index contributed by atoms with van der Waals surface area (Å²) in [5, 5.41) is 42.3. The van der Waals surface area contributed by atoms with E-state index in [4.69, 9.17) is 9.47 Å². The van der Waals surface area contributed by atoms with Gasteiger partial charge < -0.3 is 19.7 Å². The molecular formula is C41H40Br2N6O6. The molecule has 0 atom stereocenters. The highest BCUT2D eigenvalue weighted by Gasteiger charge is 2.20. The van der Waals surface area contributed by atoms with Crippen LogP contribution in [0.3, 0.4) is 0 Å². The summed E-state index contributed by atoms with van der Waals surface area (Å²) in [6.45, 7) is 11.0. The van der Waals surface area contributed by atoms with E-state index >= 15 is 0 Å². The number of phenolic OH excluding ortho intramolecular Hbond substituents is 2. The maximum Gasteiger partial charge on any atom is 0.333 e. The molecule has 0 radical (unpaired) electrons. The summed E-state index contributed by atoms with van der Waals surface area (Å²) in [4.78, 5) is 26.6. The molecule has 6 rings (SSSR count). The highest BCUT2D eigenvalue weighted by atomic mass is 79.9. The zero-order valence-corrected chi connectivity index (χ0v) is 33.7. The van der Waals surface area contributed by atoms with Crippen molar-refractivity contribution in [3.8, 4) is 22.9 Å². The number of hydrogen-bond acceptors (Lipinski definition) is 10. The Kier molecular flexibility index (Phi) is 12.5. The third-order valence-corrected chi connectivity index (χ3v) is 9.82. The smallest absolute Gasteiger partial charge is 0.333 e.